The Kier molecular flexibility index (Phi) is 5.52. The van der Waals surface area contributed by atoms with Crippen LogP contribution in [-0.2, 0) is 19.1 Å². The smallest absolute Gasteiger partial charge is 0.308 e. The van der Waals surface area contributed by atoms with Crippen molar-refractivity contribution in [2.24, 2.45) is 11.8 Å². The summed E-state index contributed by atoms with van der Waals surface area (Å²) in [6, 6.07) is 6.35. The minimum absolute atomic E-state index is 0.0190. The summed E-state index contributed by atoms with van der Waals surface area (Å²) in [7, 11) is 0. The summed E-state index contributed by atoms with van der Waals surface area (Å²) in [6.07, 6.45) is 4.80. The van der Waals surface area contributed by atoms with E-state index in [0.29, 0.717) is 23.4 Å². The number of ether oxygens (including phenoxy) is 1. The van der Waals surface area contributed by atoms with Crippen LogP contribution >= 0.6 is 11.6 Å². The average Bonchev–Trinajstić information content (AvgIpc) is 2.89. The molecule has 0 spiro atoms. The molecular formula is C19H18ClNO5. The average molecular weight is 376 g/mol. The number of likely N-dealkylation sites (tertiary alicyclic amines) is 1. The molecule has 6 nitrogen and oxygen atoms in total. The molecule has 0 aromatic heterocycles. The lowest BCUT2D eigenvalue weighted by Gasteiger charge is -2.14. The van der Waals surface area contributed by atoms with Crippen molar-refractivity contribution in [1.29, 1.82) is 0 Å². The first-order valence-electron chi connectivity index (χ1n) is 8.42. The Bertz CT molecular complexity index is 762. The molecule has 1 aromatic rings. The van der Waals surface area contributed by atoms with Gasteiger partial charge in [-0.3, -0.25) is 24.1 Å². The molecule has 1 aliphatic heterocycles. The maximum Gasteiger partial charge on any atom is 0.308 e. The van der Waals surface area contributed by atoms with Gasteiger partial charge in [0.15, 0.2) is 12.4 Å². The lowest BCUT2D eigenvalue weighted by atomic mass is 9.85. The van der Waals surface area contributed by atoms with Gasteiger partial charge in [-0.15, -0.1) is 0 Å². The van der Waals surface area contributed by atoms with Crippen LogP contribution < -0.4 is 0 Å². The largest absolute Gasteiger partial charge is 0.457 e. The third-order valence-corrected chi connectivity index (χ3v) is 4.88. The van der Waals surface area contributed by atoms with Crippen LogP contribution in [0.15, 0.2) is 36.4 Å². The predicted octanol–water partition coefficient (Wildman–Crippen LogP) is 2.41. The van der Waals surface area contributed by atoms with Crippen LogP contribution in [0.3, 0.4) is 0 Å². The maximum absolute atomic E-state index is 12.3. The van der Waals surface area contributed by atoms with Crippen LogP contribution in [0.25, 0.3) is 0 Å². The topological polar surface area (TPSA) is 80.8 Å². The van der Waals surface area contributed by atoms with Crippen molar-refractivity contribution in [3.8, 4) is 0 Å². The van der Waals surface area contributed by atoms with Crippen molar-refractivity contribution in [2.75, 3.05) is 13.2 Å². The summed E-state index contributed by atoms with van der Waals surface area (Å²) in [5.41, 5.74) is 0.353. The molecule has 0 N–H and O–H groups in total. The Morgan fingerprint density at radius 1 is 1.12 bits per heavy atom. The van der Waals surface area contributed by atoms with Gasteiger partial charge in [0.2, 0.25) is 11.8 Å². The van der Waals surface area contributed by atoms with Crippen molar-refractivity contribution in [3.63, 3.8) is 0 Å². The van der Waals surface area contributed by atoms with Gasteiger partial charge in [0.05, 0.1) is 18.3 Å². The lowest BCUT2D eigenvalue weighted by molar-refractivity contribution is -0.145. The van der Waals surface area contributed by atoms with Crippen LogP contribution in [0.4, 0.5) is 0 Å². The van der Waals surface area contributed by atoms with Gasteiger partial charge in [-0.1, -0.05) is 35.9 Å². The Morgan fingerprint density at radius 3 is 2.38 bits per heavy atom. The molecule has 1 heterocycles. The highest BCUT2D eigenvalue weighted by molar-refractivity contribution is 6.31. The second-order valence-corrected chi connectivity index (χ2v) is 6.76. The number of benzene rings is 1. The number of allylic oxidation sites excluding steroid dienone is 2. The Balaban J connectivity index is 1.48. The molecule has 2 aliphatic rings. The predicted molar refractivity (Wildman–Crippen MR) is 93.4 cm³/mol. The van der Waals surface area contributed by atoms with Crippen molar-refractivity contribution >= 4 is 35.2 Å². The molecule has 2 amide bonds. The second kappa shape index (κ2) is 7.83. The van der Waals surface area contributed by atoms with Gasteiger partial charge in [0.25, 0.3) is 0 Å². The highest BCUT2D eigenvalue weighted by Gasteiger charge is 2.46. The minimum atomic E-state index is -0.631. The number of ketones is 1. The van der Waals surface area contributed by atoms with Gasteiger partial charge < -0.3 is 4.74 Å². The van der Waals surface area contributed by atoms with Gasteiger partial charge in [-0.2, -0.15) is 0 Å². The lowest BCUT2D eigenvalue weighted by Crippen LogP contribution is -2.33. The normalized spacial score (nSPS) is 21.7. The number of amides is 2. The Morgan fingerprint density at radius 2 is 1.77 bits per heavy atom. The number of fused-ring (bicyclic) bond motifs is 1. The molecule has 26 heavy (non-hydrogen) atoms. The molecule has 0 radical (unpaired) electrons. The van der Waals surface area contributed by atoms with Gasteiger partial charge in [-0.25, -0.2) is 0 Å². The SMILES string of the molecule is O=C(CCN1C(=O)[C@H]2CC=CC[C@@H]2C1=O)OCC(=O)c1cccc(Cl)c1. The number of halogens is 1. The van der Waals surface area contributed by atoms with Crippen LogP contribution in [0.2, 0.25) is 5.02 Å². The monoisotopic (exact) mass is 375 g/mol. The standard InChI is InChI=1S/C19H18ClNO5/c20-13-5-3-4-12(10-13)16(22)11-26-17(23)8-9-21-18(24)14-6-1-2-7-15(14)19(21)25/h1-5,10,14-15H,6-9,11H2/t14-,15-/m0/s1. The molecular weight excluding hydrogens is 358 g/mol. The summed E-state index contributed by atoms with van der Waals surface area (Å²) in [6.45, 7) is -0.426. The first-order valence-corrected chi connectivity index (χ1v) is 8.80. The zero-order valence-corrected chi connectivity index (χ0v) is 14.8. The van der Waals surface area contributed by atoms with E-state index < -0.39 is 12.6 Å². The van der Waals surface area contributed by atoms with Crippen molar-refractivity contribution < 1.29 is 23.9 Å². The van der Waals surface area contributed by atoms with E-state index in [4.69, 9.17) is 16.3 Å². The van der Waals surface area contributed by atoms with Crippen molar-refractivity contribution in [1.82, 2.24) is 4.90 Å². The molecule has 1 fully saturated rings. The number of rotatable bonds is 6. The molecule has 1 aliphatic carbocycles. The molecule has 1 saturated heterocycles. The van der Waals surface area contributed by atoms with E-state index >= 15 is 0 Å². The fourth-order valence-electron chi connectivity index (χ4n) is 3.26. The minimum Gasteiger partial charge on any atom is -0.457 e. The molecule has 0 bridgehead atoms. The fraction of sp³-hybridized carbons (Fsp3) is 0.368. The number of Topliss-reactive ketones (excluding diaryl/α,β-unsaturated/α-hetero) is 1. The summed E-state index contributed by atoms with van der Waals surface area (Å²) < 4.78 is 4.95. The molecule has 7 heteroatoms. The Labute approximate surface area is 155 Å². The quantitative estimate of drug-likeness (QED) is 0.330. The summed E-state index contributed by atoms with van der Waals surface area (Å²) in [5.74, 6) is -2.08. The number of hydrogen-bond acceptors (Lipinski definition) is 5. The number of carbonyl (C=O) groups is 4. The Hall–Kier alpha value is -2.47. The molecule has 1 aromatic carbocycles. The maximum atomic E-state index is 12.3. The number of hydrogen-bond donors (Lipinski definition) is 0. The van der Waals surface area contributed by atoms with Gasteiger partial charge >= 0.3 is 5.97 Å². The molecule has 3 rings (SSSR count). The molecule has 0 unspecified atom stereocenters. The van der Waals surface area contributed by atoms with Crippen LogP contribution in [0.5, 0.6) is 0 Å². The highest BCUT2D eigenvalue weighted by atomic mass is 35.5. The zero-order chi connectivity index (χ0) is 18.7. The van der Waals surface area contributed by atoms with Crippen molar-refractivity contribution in [2.45, 2.75) is 19.3 Å². The van der Waals surface area contributed by atoms with E-state index in [1.54, 1.807) is 18.2 Å². The third-order valence-electron chi connectivity index (χ3n) is 4.65. The number of nitrogens with zero attached hydrogens (tertiary/aromatic N) is 1. The number of imide groups is 1. The van der Waals surface area contributed by atoms with Crippen LogP contribution in [0.1, 0.15) is 29.6 Å². The summed E-state index contributed by atoms with van der Waals surface area (Å²) in [4.78, 5) is 49.6. The molecule has 0 saturated carbocycles. The molecule has 136 valence electrons. The van der Waals surface area contributed by atoms with Crippen molar-refractivity contribution in [3.05, 3.63) is 47.0 Å². The number of esters is 1. The zero-order valence-electron chi connectivity index (χ0n) is 14.0. The van der Waals surface area contributed by atoms with E-state index in [1.807, 2.05) is 12.2 Å². The van der Waals surface area contributed by atoms with E-state index in [1.165, 1.54) is 6.07 Å². The van der Waals surface area contributed by atoms with E-state index in [0.717, 1.165) is 4.90 Å². The summed E-state index contributed by atoms with van der Waals surface area (Å²) in [5, 5.41) is 0.421. The first kappa shape index (κ1) is 18.3. The van der Waals surface area contributed by atoms with Gasteiger partial charge in [-0.05, 0) is 25.0 Å². The van der Waals surface area contributed by atoms with Crippen LogP contribution in [-0.4, -0.2) is 41.6 Å². The highest BCUT2D eigenvalue weighted by Crippen LogP contribution is 2.34. The number of carbonyl (C=O) groups excluding carboxylic acids is 4. The summed E-state index contributed by atoms with van der Waals surface area (Å²) >= 11 is 5.82. The van der Waals surface area contributed by atoms with E-state index in [2.05, 4.69) is 0 Å². The van der Waals surface area contributed by atoms with Gasteiger partial charge in [0, 0.05) is 17.1 Å². The second-order valence-electron chi connectivity index (χ2n) is 6.33. The van der Waals surface area contributed by atoms with Crippen LogP contribution in [0, 0.1) is 11.8 Å². The third kappa shape index (κ3) is 3.85. The van der Waals surface area contributed by atoms with Gasteiger partial charge in [0.1, 0.15) is 0 Å². The van der Waals surface area contributed by atoms with E-state index in [-0.39, 0.29) is 42.4 Å². The first-order chi connectivity index (χ1) is 12.5. The van der Waals surface area contributed by atoms with E-state index in [9.17, 15) is 19.2 Å². The fourth-order valence-corrected chi connectivity index (χ4v) is 3.45. The molecule has 2 atom stereocenters.